The van der Waals surface area contributed by atoms with E-state index >= 15 is 0 Å². The van der Waals surface area contributed by atoms with E-state index in [1.165, 1.54) is 5.56 Å². The van der Waals surface area contributed by atoms with E-state index < -0.39 is 0 Å². The second-order valence-electron chi connectivity index (χ2n) is 8.44. The number of aromatic nitrogens is 4. The molecule has 1 spiro atoms. The summed E-state index contributed by atoms with van der Waals surface area (Å²) in [6, 6.07) is 12.3. The quantitative estimate of drug-likeness (QED) is 0.647. The molecule has 1 unspecified atom stereocenters. The third-order valence-corrected chi connectivity index (χ3v) is 6.34. The van der Waals surface area contributed by atoms with Crippen LogP contribution in [0.25, 0.3) is 0 Å². The number of hydrogen-bond donors (Lipinski definition) is 0. The van der Waals surface area contributed by atoms with Gasteiger partial charge in [-0.2, -0.15) is 10.1 Å². The first kappa shape index (κ1) is 19.0. The van der Waals surface area contributed by atoms with Crippen LogP contribution in [0.1, 0.15) is 40.6 Å². The van der Waals surface area contributed by atoms with Crippen molar-refractivity contribution in [2.24, 2.45) is 5.41 Å². The largest absolute Gasteiger partial charge is 0.339 e. The smallest absolute Gasteiger partial charge is 0.272 e. The Hall–Kier alpha value is -3.00. The molecule has 0 bridgehead atoms. The van der Waals surface area contributed by atoms with Crippen molar-refractivity contribution in [1.29, 1.82) is 0 Å². The van der Waals surface area contributed by atoms with Gasteiger partial charge in [0, 0.05) is 50.9 Å². The van der Waals surface area contributed by atoms with Crippen LogP contribution in [-0.4, -0.2) is 61.8 Å². The van der Waals surface area contributed by atoms with Gasteiger partial charge in [-0.15, -0.1) is 0 Å². The number of aryl methyl sites for hydroxylation is 2. The fourth-order valence-electron chi connectivity index (χ4n) is 4.93. The van der Waals surface area contributed by atoms with Crippen molar-refractivity contribution in [3.8, 4) is 0 Å². The molecule has 0 saturated carbocycles. The molecule has 2 saturated heterocycles. The molecular weight excluding hydrogens is 380 g/mol. The van der Waals surface area contributed by atoms with Gasteiger partial charge >= 0.3 is 0 Å². The number of benzene rings is 1. The zero-order valence-corrected chi connectivity index (χ0v) is 17.4. The minimum Gasteiger partial charge on any atom is -0.339 e. The number of carbonyl (C=O) groups is 1. The molecule has 0 N–H and O–H groups in total. The second-order valence-corrected chi connectivity index (χ2v) is 8.44. The third kappa shape index (κ3) is 3.21. The van der Waals surface area contributed by atoms with Gasteiger partial charge in [-0.25, -0.2) is 0 Å². The number of likely N-dealkylation sites (tertiary alicyclic amines) is 2. The second kappa shape index (κ2) is 7.36. The zero-order chi connectivity index (χ0) is 20.7. The van der Waals surface area contributed by atoms with Crippen molar-refractivity contribution in [3.63, 3.8) is 0 Å². The fourth-order valence-corrected chi connectivity index (χ4v) is 4.93. The van der Waals surface area contributed by atoms with Crippen molar-refractivity contribution >= 4 is 5.91 Å². The Morgan fingerprint density at radius 3 is 2.70 bits per heavy atom. The molecule has 1 aromatic carbocycles. The molecule has 0 radical (unpaired) electrons. The Kier molecular flexibility index (Phi) is 4.66. The van der Waals surface area contributed by atoms with Gasteiger partial charge in [-0.05, 0) is 25.5 Å². The molecule has 2 aromatic heterocycles. The number of amides is 1. The van der Waals surface area contributed by atoms with E-state index in [9.17, 15) is 4.79 Å². The summed E-state index contributed by atoms with van der Waals surface area (Å²) in [4.78, 5) is 21.9. The molecule has 0 aliphatic carbocycles. The molecule has 4 heterocycles. The standard InChI is InChI=1S/C22H26N6O2/c1-3-28-19(9-10-23-28)21(29)27-14-22(15-27)13-26(11-17-7-5-4-6-8-17)12-18(22)20-24-16(2)25-30-20/h4-10,18H,3,11-15H2,1-2H3. The maximum atomic E-state index is 13.0. The molecule has 2 aliphatic heterocycles. The number of hydrogen-bond acceptors (Lipinski definition) is 6. The van der Waals surface area contributed by atoms with E-state index in [4.69, 9.17) is 4.52 Å². The normalized spacial score (nSPS) is 20.6. The summed E-state index contributed by atoms with van der Waals surface area (Å²) in [5.74, 6) is 1.51. The summed E-state index contributed by atoms with van der Waals surface area (Å²) in [7, 11) is 0. The van der Waals surface area contributed by atoms with Crippen LogP contribution in [0.15, 0.2) is 47.1 Å². The highest BCUT2D eigenvalue weighted by Crippen LogP contribution is 2.49. The van der Waals surface area contributed by atoms with Gasteiger partial charge < -0.3 is 9.42 Å². The van der Waals surface area contributed by atoms with E-state index in [1.54, 1.807) is 16.9 Å². The number of rotatable bonds is 5. The van der Waals surface area contributed by atoms with E-state index in [0.717, 1.165) is 19.6 Å². The van der Waals surface area contributed by atoms with Crippen LogP contribution < -0.4 is 0 Å². The Labute approximate surface area is 175 Å². The molecule has 1 amide bonds. The van der Waals surface area contributed by atoms with Crippen LogP contribution in [-0.2, 0) is 13.1 Å². The fraction of sp³-hybridized carbons (Fsp3) is 0.455. The summed E-state index contributed by atoms with van der Waals surface area (Å²) in [5.41, 5.74) is 1.88. The first-order valence-corrected chi connectivity index (χ1v) is 10.5. The van der Waals surface area contributed by atoms with Crippen LogP contribution in [0.2, 0.25) is 0 Å². The van der Waals surface area contributed by atoms with Gasteiger partial charge in [-0.1, -0.05) is 35.5 Å². The number of carbonyl (C=O) groups excluding carboxylic acids is 1. The third-order valence-electron chi connectivity index (χ3n) is 6.34. The van der Waals surface area contributed by atoms with Crippen molar-refractivity contribution < 1.29 is 9.32 Å². The van der Waals surface area contributed by atoms with E-state index in [0.29, 0.717) is 37.0 Å². The summed E-state index contributed by atoms with van der Waals surface area (Å²) in [6.07, 6.45) is 1.69. The minimum absolute atomic E-state index is 0.0435. The highest BCUT2D eigenvalue weighted by atomic mass is 16.5. The highest BCUT2D eigenvalue weighted by molar-refractivity contribution is 5.93. The predicted octanol–water partition coefficient (Wildman–Crippen LogP) is 2.34. The molecule has 8 nitrogen and oxygen atoms in total. The van der Waals surface area contributed by atoms with Crippen LogP contribution in [0, 0.1) is 12.3 Å². The van der Waals surface area contributed by atoms with Crippen molar-refractivity contribution in [3.05, 3.63) is 65.6 Å². The topological polar surface area (TPSA) is 80.3 Å². The van der Waals surface area contributed by atoms with E-state index in [1.807, 2.05) is 24.8 Å². The molecule has 156 valence electrons. The Balaban J connectivity index is 1.36. The predicted molar refractivity (Wildman–Crippen MR) is 110 cm³/mol. The minimum atomic E-state index is -0.0551. The lowest BCUT2D eigenvalue weighted by Gasteiger charge is -2.50. The monoisotopic (exact) mass is 406 g/mol. The first-order valence-electron chi connectivity index (χ1n) is 10.5. The van der Waals surface area contributed by atoms with Crippen LogP contribution in [0.5, 0.6) is 0 Å². The molecular formula is C22H26N6O2. The van der Waals surface area contributed by atoms with Gasteiger partial charge in [0.05, 0.1) is 5.92 Å². The van der Waals surface area contributed by atoms with Crippen LogP contribution >= 0.6 is 0 Å². The van der Waals surface area contributed by atoms with Gasteiger partial charge in [0.25, 0.3) is 5.91 Å². The van der Waals surface area contributed by atoms with Gasteiger partial charge in [0.1, 0.15) is 5.69 Å². The SMILES string of the molecule is CCn1nccc1C(=O)N1CC2(CN(Cc3ccccc3)CC2c2nc(C)no2)C1. The Morgan fingerprint density at radius 2 is 2.00 bits per heavy atom. The average molecular weight is 406 g/mol. The summed E-state index contributed by atoms with van der Waals surface area (Å²) in [6.45, 7) is 8.55. The summed E-state index contributed by atoms with van der Waals surface area (Å²) in [5, 5.41) is 8.25. The van der Waals surface area contributed by atoms with E-state index in [-0.39, 0.29) is 17.2 Å². The number of nitrogens with zero attached hydrogens (tertiary/aromatic N) is 6. The van der Waals surface area contributed by atoms with Crippen molar-refractivity contribution in [1.82, 2.24) is 29.7 Å². The lowest BCUT2D eigenvalue weighted by Crippen LogP contribution is -2.61. The lowest BCUT2D eigenvalue weighted by atomic mass is 9.71. The molecule has 2 aliphatic rings. The van der Waals surface area contributed by atoms with Crippen LogP contribution in [0.3, 0.4) is 0 Å². The Bertz CT molecular complexity index is 1040. The lowest BCUT2D eigenvalue weighted by molar-refractivity contribution is -0.00208. The highest BCUT2D eigenvalue weighted by Gasteiger charge is 2.57. The molecule has 1 atom stereocenters. The van der Waals surface area contributed by atoms with Crippen molar-refractivity contribution in [2.75, 3.05) is 26.2 Å². The first-order chi connectivity index (χ1) is 14.6. The van der Waals surface area contributed by atoms with Gasteiger partial charge in [0.2, 0.25) is 5.89 Å². The molecule has 8 heteroatoms. The average Bonchev–Trinajstić information content (AvgIpc) is 3.44. The Morgan fingerprint density at radius 1 is 1.20 bits per heavy atom. The maximum absolute atomic E-state index is 13.0. The maximum Gasteiger partial charge on any atom is 0.272 e. The van der Waals surface area contributed by atoms with Crippen molar-refractivity contribution in [2.45, 2.75) is 32.9 Å². The molecule has 30 heavy (non-hydrogen) atoms. The molecule has 3 aromatic rings. The van der Waals surface area contributed by atoms with Gasteiger partial charge in [0.15, 0.2) is 5.82 Å². The van der Waals surface area contributed by atoms with E-state index in [2.05, 4.69) is 44.4 Å². The van der Waals surface area contributed by atoms with Gasteiger partial charge in [-0.3, -0.25) is 14.4 Å². The molecule has 2 fully saturated rings. The molecule has 5 rings (SSSR count). The zero-order valence-electron chi connectivity index (χ0n) is 17.4. The summed E-state index contributed by atoms with van der Waals surface area (Å²) < 4.78 is 7.33. The summed E-state index contributed by atoms with van der Waals surface area (Å²) >= 11 is 0. The van der Waals surface area contributed by atoms with Crippen LogP contribution in [0.4, 0.5) is 0 Å².